The molecular weight excluding hydrogens is 342 g/mol. The SMILES string of the molecule is CCc1cc2c(cc1OC)CCC(C(O)CNCC1CCSS1)O2. The summed E-state index contributed by atoms with van der Waals surface area (Å²) >= 11 is 0. The van der Waals surface area contributed by atoms with Gasteiger partial charge in [-0.15, -0.1) is 0 Å². The van der Waals surface area contributed by atoms with Crippen molar-refractivity contribution in [3.8, 4) is 11.5 Å². The maximum absolute atomic E-state index is 10.5. The molecule has 0 spiro atoms. The Hall–Kier alpha value is -0.560. The minimum absolute atomic E-state index is 0.131. The molecule has 2 heterocycles. The van der Waals surface area contributed by atoms with Gasteiger partial charge in [-0.05, 0) is 48.9 Å². The fraction of sp³-hybridized carbons (Fsp3) is 0.667. The highest BCUT2D eigenvalue weighted by Gasteiger charge is 2.27. The molecule has 1 fully saturated rings. The van der Waals surface area contributed by atoms with Crippen molar-refractivity contribution in [3.63, 3.8) is 0 Å². The summed E-state index contributed by atoms with van der Waals surface area (Å²) in [4.78, 5) is 0. The Morgan fingerprint density at radius 3 is 3.00 bits per heavy atom. The molecule has 4 nitrogen and oxygen atoms in total. The first-order chi connectivity index (χ1) is 11.7. The van der Waals surface area contributed by atoms with Crippen LogP contribution < -0.4 is 14.8 Å². The summed E-state index contributed by atoms with van der Waals surface area (Å²) in [5.74, 6) is 3.09. The lowest BCUT2D eigenvalue weighted by molar-refractivity contribution is 0.0246. The van der Waals surface area contributed by atoms with Gasteiger partial charge in [-0.2, -0.15) is 0 Å². The molecule has 2 aliphatic rings. The van der Waals surface area contributed by atoms with E-state index in [1.807, 2.05) is 21.6 Å². The molecule has 24 heavy (non-hydrogen) atoms. The van der Waals surface area contributed by atoms with E-state index in [1.54, 1.807) is 7.11 Å². The average Bonchev–Trinajstić information content (AvgIpc) is 3.13. The zero-order chi connectivity index (χ0) is 16.9. The molecule has 0 amide bonds. The number of hydrogen-bond donors (Lipinski definition) is 2. The lowest BCUT2D eigenvalue weighted by Gasteiger charge is -2.30. The Labute approximate surface area is 152 Å². The quantitative estimate of drug-likeness (QED) is 0.721. The first kappa shape index (κ1) is 18.2. The van der Waals surface area contributed by atoms with Crippen molar-refractivity contribution < 1.29 is 14.6 Å². The zero-order valence-electron chi connectivity index (χ0n) is 14.4. The molecule has 0 bridgehead atoms. The van der Waals surface area contributed by atoms with E-state index in [9.17, 15) is 5.11 Å². The normalized spacial score (nSPS) is 24.3. The molecule has 1 aromatic rings. The number of nitrogens with one attached hydrogen (secondary N) is 1. The third-order valence-corrected chi connectivity index (χ3v) is 7.64. The molecule has 1 aromatic carbocycles. The van der Waals surface area contributed by atoms with Crippen LogP contribution in [0.15, 0.2) is 12.1 Å². The Balaban J connectivity index is 1.55. The predicted molar refractivity (Wildman–Crippen MR) is 102 cm³/mol. The van der Waals surface area contributed by atoms with Gasteiger partial charge in [-0.1, -0.05) is 28.5 Å². The van der Waals surface area contributed by atoms with Gasteiger partial charge in [0.15, 0.2) is 0 Å². The molecule has 0 aliphatic carbocycles. The molecule has 2 N–H and O–H groups in total. The maximum atomic E-state index is 10.5. The van der Waals surface area contributed by atoms with Crippen LogP contribution in [0.1, 0.15) is 30.9 Å². The number of ether oxygens (including phenoxy) is 2. The molecule has 6 heteroatoms. The molecule has 0 saturated carbocycles. The van der Waals surface area contributed by atoms with Crippen LogP contribution >= 0.6 is 21.6 Å². The third kappa shape index (κ3) is 4.34. The molecule has 134 valence electrons. The maximum Gasteiger partial charge on any atom is 0.126 e. The second kappa shape index (κ2) is 8.70. The van der Waals surface area contributed by atoms with Crippen molar-refractivity contribution in [3.05, 3.63) is 23.3 Å². The summed E-state index contributed by atoms with van der Waals surface area (Å²) in [5.41, 5.74) is 2.33. The summed E-state index contributed by atoms with van der Waals surface area (Å²) in [7, 11) is 5.62. The largest absolute Gasteiger partial charge is 0.496 e. The van der Waals surface area contributed by atoms with Crippen LogP contribution in [0.5, 0.6) is 11.5 Å². The summed E-state index contributed by atoms with van der Waals surface area (Å²) < 4.78 is 11.6. The minimum atomic E-state index is -0.468. The lowest BCUT2D eigenvalue weighted by Crippen LogP contribution is -2.42. The van der Waals surface area contributed by atoms with Gasteiger partial charge in [-0.3, -0.25) is 0 Å². The van der Waals surface area contributed by atoms with Gasteiger partial charge in [0, 0.05) is 24.1 Å². The van der Waals surface area contributed by atoms with Gasteiger partial charge in [0.1, 0.15) is 23.7 Å². The zero-order valence-corrected chi connectivity index (χ0v) is 16.0. The first-order valence-corrected chi connectivity index (χ1v) is 11.1. The summed E-state index contributed by atoms with van der Waals surface area (Å²) in [5, 5.41) is 14.6. The van der Waals surface area contributed by atoms with E-state index in [1.165, 1.54) is 17.7 Å². The molecule has 2 aliphatic heterocycles. The molecule has 3 atom stereocenters. The summed E-state index contributed by atoms with van der Waals surface area (Å²) in [6.07, 6.45) is 3.34. The van der Waals surface area contributed by atoms with Crippen LogP contribution in [0, 0.1) is 0 Å². The summed E-state index contributed by atoms with van der Waals surface area (Å²) in [6.45, 7) is 3.68. The number of aryl methyl sites for hydroxylation is 2. The van der Waals surface area contributed by atoms with E-state index in [-0.39, 0.29) is 6.10 Å². The minimum Gasteiger partial charge on any atom is -0.496 e. The van der Waals surface area contributed by atoms with Gasteiger partial charge in [0.05, 0.1) is 7.11 Å². The predicted octanol–water partition coefficient (Wildman–Crippen LogP) is 3.06. The van der Waals surface area contributed by atoms with Crippen LogP contribution in [-0.2, 0) is 12.8 Å². The van der Waals surface area contributed by atoms with Crippen molar-refractivity contribution in [2.24, 2.45) is 0 Å². The second-order valence-electron chi connectivity index (χ2n) is 6.37. The van der Waals surface area contributed by atoms with Gasteiger partial charge in [0.25, 0.3) is 0 Å². The Morgan fingerprint density at radius 1 is 1.42 bits per heavy atom. The highest BCUT2D eigenvalue weighted by Crippen LogP contribution is 2.37. The van der Waals surface area contributed by atoms with Crippen molar-refractivity contribution in [2.75, 3.05) is 26.0 Å². The number of aliphatic hydroxyl groups is 1. The second-order valence-corrected chi connectivity index (χ2v) is 9.16. The first-order valence-electron chi connectivity index (χ1n) is 8.74. The van der Waals surface area contributed by atoms with Crippen LogP contribution in [0.3, 0.4) is 0 Å². The van der Waals surface area contributed by atoms with Gasteiger partial charge >= 0.3 is 0 Å². The summed E-state index contributed by atoms with van der Waals surface area (Å²) in [6, 6.07) is 4.16. The number of rotatable bonds is 7. The third-order valence-electron chi connectivity index (χ3n) is 4.70. The number of aliphatic hydroxyl groups excluding tert-OH is 1. The molecule has 0 radical (unpaired) electrons. The number of benzene rings is 1. The fourth-order valence-electron chi connectivity index (χ4n) is 3.24. The van der Waals surface area contributed by atoms with Gasteiger partial charge < -0.3 is 19.9 Å². The monoisotopic (exact) mass is 369 g/mol. The van der Waals surface area contributed by atoms with Crippen molar-refractivity contribution in [1.82, 2.24) is 5.32 Å². The molecule has 3 unspecified atom stereocenters. The van der Waals surface area contributed by atoms with E-state index in [0.29, 0.717) is 11.8 Å². The fourth-order valence-corrected chi connectivity index (χ4v) is 6.10. The van der Waals surface area contributed by atoms with Gasteiger partial charge in [0.2, 0.25) is 0 Å². The Morgan fingerprint density at radius 2 is 2.29 bits per heavy atom. The van der Waals surface area contributed by atoms with E-state index < -0.39 is 6.10 Å². The van der Waals surface area contributed by atoms with Crippen molar-refractivity contribution in [1.29, 1.82) is 0 Å². The topological polar surface area (TPSA) is 50.7 Å². The smallest absolute Gasteiger partial charge is 0.126 e. The number of methoxy groups -OCH3 is 1. The van der Waals surface area contributed by atoms with Crippen LogP contribution in [-0.4, -0.2) is 48.5 Å². The number of fused-ring (bicyclic) bond motifs is 1. The Bertz CT molecular complexity index is 549. The van der Waals surface area contributed by atoms with Crippen LogP contribution in [0.4, 0.5) is 0 Å². The van der Waals surface area contributed by atoms with E-state index in [0.717, 1.165) is 42.9 Å². The standard InChI is InChI=1S/C18H27NO3S2/c1-3-12-8-18-13(9-17(12)21-2)4-5-16(22-18)15(20)11-19-10-14-6-7-23-24-14/h8-9,14-16,19-20H,3-7,10-11H2,1-2H3. The van der Waals surface area contributed by atoms with Crippen molar-refractivity contribution >= 4 is 21.6 Å². The molecule has 3 rings (SSSR count). The molecular formula is C18H27NO3S2. The van der Waals surface area contributed by atoms with Crippen LogP contribution in [0.25, 0.3) is 0 Å². The van der Waals surface area contributed by atoms with Crippen LogP contribution in [0.2, 0.25) is 0 Å². The molecule has 0 aromatic heterocycles. The number of hydrogen-bond acceptors (Lipinski definition) is 6. The average molecular weight is 370 g/mol. The Kier molecular flexibility index (Phi) is 6.61. The van der Waals surface area contributed by atoms with Gasteiger partial charge in [-0.25, -0.2) is 0 Å². The highest BCUT2D eigenvalue weighted by atomic mass is 33.1. The van der Waals surface area contributed by atoms with E-state index >= 15 is 0 Å². The van der Waals surface area contributed by atoms with E-state index in [4.69, 9.17) is 9.47 Å². The van der Waals surface area contributed by atoms with E-state index in [2.05, 4.69) is 24.4 Å². The van der Waals surface area contributed by atoms with Crippen molar-refractivity contribution in [2.45, 2.75) is 50.1 Å². The molecule has 1 saturated heterocycles. The lowest BCUT2D eigenvalue weighted by atomic mass is 9.96. The highest BCUT2D eigenvalue weighted by molar-refractivity contribution is 8.77.